The fourth-order valence-electron chi connectivity index (χ4n) is 2.30. The maximum Gasteiger partial charge on any atom is 0.221 e. The molecule has 0 saturated carbocycles. The molecular weight excluding hydrogens is 362 g/mol. The number of amides is 1. The topological polar surface area (TPSA) is 72.5 Å². The van der Waals surface area contributed by atoms with Crippen LogP contribution in [0.3, 0.4) is 0 Å². The Morgan fingerprint density at radius 1 is 1.16 bits per heavy atom. The molecule has 0 fully saturated rings. The zero-order chi connectivity index (χ0) is 18.3. The molecule has 0 atom stereocenters. The molecule has 1 amide bonds. The Morgan fingerprint density at radius 2 is 1.92 bits per heavy atom. The molecule has 134 valence electrons. The summed E-state index contributed by atoms with van der Waals surface area (Å²) >= 11 is 5.91. The summed E-state index contributed by atoms with van der Waals surface area (Å²) in [5, 5.41) is 2.90. The third-order valence-electron chi connectivity index (χ3n) is 3.64. The first kappa shape index (κ1) is 19.3. The van der Waals surface area contributed by atoms with Crippen molar-refractivity contribution in [2.75, 3.05) is 19.4 Å². The van der Waals surface area contributed by atoms with Gasteiger partial charge in [0, 0.05) is 13.0 Å². The fourth-order valence-corrected chi connectivity index (χ4v) is 4.11. The number of benzene rings is 2. The summed E-state index contributed by atoms with van der Waals surface area (Å²) in [5.41, 5.74) is 1.03. The molecule has 0 aromatic heterocycles. The molecule has 0 unspecified atom stereocenters. The van der Waals surface area contributed by atoms with Crippen molar-refractivity contribution >= 4 is 27.3 Å². The third kappa shape index (κ3) is 5.76. The third-order valence-corrected chi connectivity index (χ3v) is 5.85. The van der Waals surface area contributed by atoms with Crippen LogP contribution < -0.4 is 10.1 Å². The lowest BCUT2D eigenvalue weighted by Crippen LogP contribution is -2.27. The molecule has 0 aliphatic carbocycles. The van der Waals surface area contributed by atoms with Crippen molar-refractivity contribution in [3.05, 3.63) is 59.1 Å². The summed E-state index contributed by atoms with van der Waals surface area (Å²) in [5.74, 6) is 0.176. The van der Waals surface area contributed by atoms with E-state index in [0.717, 1.165) is 11.3 Å². The lowest BCUT2D eigenvalue weighted by molar-refractivity contribution is -0.120. The Labute approximate surface area is 152 Å². The minimum atomic E-state index is -3.58. The fraction of sp³-hybridized carbons (Fsp3) is 0.278. The van der Waals surface area contributed by atoms with Crippen molar-refractivity contribution in [3.8, 4) is 5.75 Å². The van der Waals surface area contributed by atoms with Crippen LogP contribution in [0.25, 0.3) is 0 Å². The zero-order valence-corrected chi connectivity index (χ0v) is 15.4. The molecule has 2 aromatic rings. The molecule has 0 aliphatic rings. The highest BCUT2D eigenvalue weighted by molar-refractivity contribution is 7.91. The number of nitrogens with one attached hydrogen (secondary N) is 1. The highest BCUT2D eigenvalue weighted by Crippen LogP contribution is 2.22. The maximum atomic E-state index is 12.2. The second kappa shape index (κ2) is 8.87. The molecule has 2 rings (SSSR count). The van der Waals surface area contributed by atoms with Crippen LogP contribution in [-0.2, 0) is 21.1 Å². The van der Waals surface area contributed by atoms with E-state index in [4.69, 9.17) is 16.3 Å². The maximum absolute atomic E-state index is 12.2. The summed E-state index contributed by atoms with van der Waals surface area (Å²) < 4.78 is 29.6. The molecule has 5 nitrogen and oxygen atoms in total. The second-order valence-corrected chi connectivity index (χ2v) is 7.94. The number of hydrogen-bond donors (Lipinski definition) is 1. The van der Waals surface area contributed by atoms with E-state index in [1.54, 1.807) is 19.2 Å². The predicted octanol–water partition coefficient (Wildman–Crippen LogP) is 2.87. The number of sulfone groups is 1. The van der Waals surface area contributed by atoms with Crippen LogP contribution in [0.15, 0.2) is 53.4 Å². The van der Waals surface area contributed by atoms with Crippen molar-refractivity contribution < 1.29 is 17.9 Å². The Morgan fingerprint density at radius 3 is 2.64 bits per heavy atom. The highest BCUT2D eigenvalue weighted by Gasteiger charge is 2.19. The van der Waals surface area contributed by atoms with Crippen LogP contribution in [0, 0.1) is 0 Å². The number of hydrogen-bond acceptors (Lipinski definition) is 4. The first-order valence-electron chi connectivity index (χ1n) is 7.79. The molecule has 0 heterocycles. The molecule has 0 spiro atoms. The van der Waals surface area contributed by atoms with Gasteiger partial charge in [0.1, 0.15) is 5.75 Å². The van der Waals surface area contributed by atoms with Gasteiger partial charge in [-0.1, -0.05) is 35.9 Å². The standard InChI is InChI=1S/C18H20ClNO4S/c1-24-15-6-4-5-14(13-15)9-11-20-18(21)10-12-25(22,23)17-8-3-2-7-16(17)19/h2-8,13H,9-12H2,1H3,(H,20,21). The van der Waals surface area contributed by atoms with Gasteiger partial charge < -0.3 is 10.1 Å². The van der Waals surface area contributed by atoms with E-state index >= 15 is 0 Å². The number of halogens is 1. The van der Waals surface area contributed by atoms with Gasteiger partial charge in [-0.05, 0) is 36.2 Å². The van der Waals surface area contributed by atoms with E-state index in [0.29, 0.717) is 13.0 Å². The summed E-state index contributed by atoms with van der Waals surface area (Å²) in [6.07, 6.45) is 0.534. The van der Waals surface area contributed by atoms with E-state index in [2.05, 4.69) is 5.32 Å². The zero-order valence-electron chi connectivity index (χ0n) is 13.9. The van der Waals surface area contributed by atoms with Crippen LogP contribution in [0.4, 0.5) is 0 Å². The lowest BCUT2D eigenvalue weighted by Gasteiger charge is -2.08. The first-order chi connectivity index (χ1) is 11.9. The number of methoxy groups -OCH3 is 1. The van der Waals surface area contributed by atoms with E-state index in [-0.39, 0.29) is 28.0 Å². The number of carbonyl (C=O) groups is 1. The van der Waals surface area contributed by atoms with E-state index in [1.807, 2.05) is 24.3 Å². The van der Waals surface area contributed by atoms with Crippen molar-refractivity contribution in [3.63, 3.8) is 0 Å². The Hall–Kier alpha value is -2.05. The van der Waals surface area contributed by atoms with Crippen LogP contribution in [-0.4, -0.2) is 33.7 Å². The Kier molecular flexibility index (Phi) is 6.84. The Bertz CT molecular complexity index is 836. The van der Waals surface area contributed by atoms with Crippen molar-refractivity contribution in [2.24, 2.45) is 0 Å². The molecule has 0 saturated heterocycles. The second-order valence-electron chi connectivity index (χ2n) is 5.45. The first-order valence-corrected chi connectivity index (χ1v) is 9.82. The normalized spacial score (nSPS) is 11.1. The molecule has 25 heavy (non-hydrogen) atoms. The van der Waals surface area contributed by atoms with Crippen molar-refractivity contribution in [1.82, 2.24) is 5.32 Å². The van der Waals surface area contributed by atoms with E-state index < -0.39 is 9.84 Å². The van der Waals surface area contributed by atoms with E-state index in [9.17, 15) is 13.2 Å². The van der Waals surface area contributed by atoms with Gasteiger partial charge in [0.05, 0.1) is 22.8 Å². The summed E-state index contributed by atoms with van der Waals surface area (Å²) in [7, 11) is -1.98. The van der Waals surface area contributed by atoms with Crippen molar-refractivity contribution in [1.29, 1.82) is 0 Å². The highest BCUT2D eigenvalue weighted by atomic mass is 35.5. The Balaban J connectivity index is 1.81. The predicted molar refractivity (Wildman–Crippen MR) is 97.8 cm³/mol. The molecule has 2 aromatic carbocycles. The van der Waals surface area contributed by atoms with Crippen molar-refractivity contribution in [2.45, 2.75) is 17.7 Å². The molecule has 1 N–H and O–H groups in total. The number of ether oxygens (including phenoxy) is 1. The summed E-state index contributed by atoms with van der Waals surface area (Å²) in [6, 6.07) is 13.8. The van der Waals surface area contributed by atoms with Gasteiger partial charge in [0.15, 0.2) is 9.84 Å². The number of carbonyl (C=O) groups excluding carboxylic acids is 1. The van der Waals surface area contributed by atoms with Gasteiger partial charge in [-0.25, -0.2) is 8.42 Å². The minimum Gasteiger partial charge on any atom is -0.497 e. The molecule has 0 bridgehead atoms. The van der Waals surface area contributed by atoms with Gasteiger partial charge in [-0.2, -0.15) is 0 Å². The largest absolute Gasteiger partial charge is 0.497 e. The van der Waals surface area contributed by atoms with E-state index in [1.165, 1.54) is 12.1 Å². The van der Waals surface area contributed by atoms with Gasteiger partial charge >= 0.3 is 0 Å². The van der Waals surface area contributed by atoms with Crippen LogP contribution in [0.2, 0.25) is 5.02 Å². The monoisotopic (exact) mass is 381 g/mol. The molecule has 0 aliphatic heterocycles. The van der Waals surface area contributed by atoms with Crippen LogP contribution in [0.1, 0.15) is 12.0 Å². The number of rotatable bonds is 8. The molecule has 7 heteroatoms. The van der Waals surface area contributed by atoms with Crippen LogP contribution in [0.5, 0.6) is 5.75 Å². The van der Waals surface area contributed by atoms with Gasteiger partial charge in [0.2, 0.25) is 5.91 Å². The van der Waals surface area contributed by atoms with Crippen LogP contribution >= 0.6 is 11.6 Å². The van der Waals surface area contributed by atoms with Gasteiger partial charge in [-0.3, -0.25) is 4.79 Å². The quantitative estimate of drug-likeness (QED) is 0.763. The summed E-state index contributed by atoms with van der Waals surface area (Å²) in [6.45, 7) is 0.429. The lowest BCUT2D eigenvalue weighted by atomic mass is 10.1. The smallest absolute Gasteiger partial charge is 0.221 e. The molecule has 0 radical (unpaired) electrons. The summed E-state index contributed by atoms with van der Waals surface area (Å²) in [4.78, 5) is 11.9. The van der Waals surface area contributed by atoms with Gasteiger partial charge in [-0.15, -0.1) is 0 Å². The molecular formula is C18H20ClNO4S. The average molecular weight is 382 g/mol. The average Bonchev–Trinajstić information content (AvgIpc) is 2.60. The van der Waals surface area contributed by atoms with Gasteiger partial charge in [0.25, 0.3) is 0 Å². The SMILES string of the molecule is COc1cccc(CCNC(=O)CCS(=O)(=O)c2ccccc2Cl)c1. The minimum absolute atomic E-state index is 0.0563.